The van der Waals surface area contributed by atoms with E-state index in [4.69, 9.17) is 0 Å². The van der Waals surface area contributed by atoms with Gasteiger partial charge in [0.2, 0.25) is 0 Å². The van der Waals surface area contributed by atoms with Crippen LogP contribution in [-0.4, -0.2) is 0 Å². The molecule has 0 unspecified atom stereocenters. The van der Waals surface area contributed by atoms with Gasteiger partial charge in [-0.25, -0.2) is 0 Å². The van der Waals surface area contributed by atoms with Gasteiger partial charge in [-0.3, -0.25) is 0 Å². The molecule has 3 heterocycles. The maximum atomic E-state index is 2.42. The minimum atomic E-state index is 1.28. The smallest absolute Gasteiger partial charge is 0.0632 e. The average molecular weight is 407 g/mol. The third-order valence-corrected chi connectivity index (χ3v) is 9.01. The predicted octanol–water partition coefficient (Wildman–Crippen LogP) is 9.81. The largest absolute Gasteiger partial charge is 0.141 e. The van der Waals surface area contributed by atoms with Crippen molar-refractivity contribution in [2.45, 2.75) is 96.8 Å². The molecule has 0 amide bonds. The van der Waals surface area contributed by atoms with Gasteiger partial charge in [0.05, 0.1) is 14.1 Å². The van der Waals surface area contributed by atoms with Crippen molar-refractivity contribution >= 4 is 52.8 Å². The zero-order valence-electron chi connectivity index (χ0n) is 16.4. The fourth-order valence-electron chi connectivity index (χ4n) is 3.81. The molecule has 3 heteroatoms. The molecule has 0 saturated carbocycles. The summed E-state index contributed by atoms with van der Waals surface area (Å²) < 4.78 is 6.13. The van der Waals surface area contributed by atoms with Gasteiger partial charge in [0.25, 0.3) is 0 Å². The summed E-state index contributed by atoms with van der Waals surface area (Å²) in [6, 6.07) is 2.28. The van der Waals surface area contributed by atoms with Gasteiger partial charge in [-0.15, -0.1) is 34.0 Å². The van der Waals surface area contributed by atoms with E-state index < -0.39 is 0 Å². The second-order valence-corrected chi connectivity index (χ2v) is 10.5. The summed E-state index contributed by atoms with van der Waals surface area (Å²) in [6.07, 6.45) is 20.0. The van der Waals surface area contributed by atoms with Crippen molar-refractivity contribution < 1.29 is 0 Å². The second kappa shape index (κ2) is 11.5. The lowest BCUT2D eigenvalue weighted by molar-refractivity contribution is 0.539. The van der Waals surface area contributed by atoms with Crippen LogP contribution in [0.1, 0.15) is 96.0 Å². The van der Waals surface area contributed by atoms with Crippen molar-refractivity contribution in [1.29, 1.82) is 0 Å². The molecule has 3 aromatic heterocycles. The molecule has 0 nitrogen and oxygen atoms in total. The van der Waals surface area contributed by atoms with Gasteiger partial charge in [0.1, 0.15) is 0 Å². The van der Waals surface area contributed by atoms with Crippen LogP contribution in [-0.2, 0) is 6.42 Å². The quantitative estimate of drug-likeness (QED) is 0.234. The zero-order chi connectivity index (χ0) is 18.0. The van der Waals surface area contributed by atoms with E-state index in [0.29, 0.717) is 0 Å². The van der Waals surface area contributed by atoms with Crippen LogP contribution in [0.3, 0.4) is 0 Å². The standard InChI is InChI=1S/C23H34S3/c1-2-3-4-5-6-7-8-9-10-11-12-13-14-15-19-18-25-23-21(19)26-20-16-17-24-22(20)23/h16-18H,2-15H2,1H3. The molecule has 26 heavy (non-hydrogen) atoms. The number of rotatable bonds is 14. The summed E-state index contributed by atoms with van der Waals surface area (Å²) in [5.74, 6) is 0. The van der Waals surface area contributed by atoms with Gasteiger partial charge < -0.3 is 0 Å². The van der Waals surface area contributed by atoms with E-state index in [-0.39, 0.29) is 0 Å². The molecule has 0 N–H and O–H groups in total. The molecule has 3 rings (SSSR count). The number of thiophene rings is 3. The molecule has 0 radical (unpaired) electrons. The summed E-state index contributed by atoms with van der Waals surface area (Å²) in [5, 5.41) is 4.65. The van der Waals surface area contributed by atoms with E-state index in [1.807, 2.05) is 34.0 Å². The Balaban J connectivity index is 1.21. The number of hydrogen-bond donors (Lipinski definition) is 0. The van der Waals surface area contributed by atoms with Gasteiger partial charge in [0.15, 0.2) is 0 Å². The minimum absolute atomic E-state index is 1.28. The number of unbranched alkanes of at least 4 members (excludes halogenated alkanes) is 12. The van der Waals surface area contributed by atoms with E-state index in [9.17, 15) is 0 Å². The third-order valence-electron chi connectivity index (χ3n) is 5.41. The van der Waals surface area contributed by atoms with E-state index in [1.165, 1.54) is 99.3 Å². The van der Waals surface area contributed by atoms with Crippen molar-refractivity contribution in [2.24, 2.45) is 0 Å². The Labute approximate surface area is 171 Å². The van der Waals surface area contributed by atoms with Crippen molar-refractivity contribution in [1.82, 2.24) is 0 Å². The molecular weight excluding hydrogens is 372 g/mol. The number of hydrogen-bond acceptors (Lipinski definition) is 3. The fourth-order valence-corrected chi connectivity index (χ4v) is 7.65. The van der Waals surface area contributed by atoms with E-state index in [2.05, 4.69) is 23.8 Å². The zero-order valence-corrected chi connectivity index (χ0v) is 18.8. The highest BCUT2D eigenvalue weighted by molar-refractivity contribution is 7.37. The first-order valence-corrected chi connectivity index (χ1v) is 13.3. The molecule has 0 bridgehead atoms. The summed E-state index contributed by atoms with van der Waals surface area (Å²) in [6.45, 7) is 2.30. The number of fused-ring (bicyclic) bond motifs is 3. The van der Waals surface area contributed by atoms with Gasteiger partial charge >= 0.3 is 0 Å². The Morgan fingerprint density at radius 2 is 1.27 bits per heavy atom. The lowest BCUT2D eigenvalue weighted by Crippen LogP contribution is -1.85. The highest BCUT2D eigenvalue weighted by atomic mass is 32.1. The summed E-state index contributed by atoms with van der Waals surface area (Å²) >= 11 is 5.87. The topological polar surface area (TPSA) is 0 Å². The maximum Gasteiger partial charge on any atom is 0.0632 e. The lowest BCUT2D eigenvalue weighted by Gasteiger charge is -2.03. The summed E-state index contributed by atoms with van der Waals surface area (Å²) in [4.78, 5) is 0. The molecule has 0 aliphatic carbocycles. The molecule has 3 aromatic rings. The van der Waals surface area contributed by atoms with Crippen molar-refractivity contribution in [3.05, 3.63) is 22.4 Å². The first kappa shape index (κ1) is 20.4. The molecule has 0 aliphatic heterocycles. The third kappa shape index (κ3) is 5.81. The first-order chi connectivity index (χ1) is 12.9. The van der Waals surface area contributed by atoms with E-state index in [1.54, 1.807) is 15.0 Å². The Morgan fingerprint density at radius 3 is 1.92 bits per heavy atom. The summed E-state index contributed by atoms with van der Waals surface area (Å²) in [7, 11) is 0. The molecular formula is C23H34S3. The van der Waals surface area contributed by atoms with Crippen LogP contribution in [0.15, 0.2) is 16.8 Å². The van der Waals surface area contributed by atoms with Crippen molar-refractivity contribution in [3.8, 4) is 0 Å². The highest BCUT2D eigenvalue weighted by Gasteiger charge is 2.11. The average Bonchev–Trinajstić information content (AvgIpc) is 3.32. The Hall–Kier alpha value is -0.380. The van der Waals surface area contributed by atoms with E-state index >= 15 is 0 Å². The van der Waals surface area contributed by atoms with Gasteiger partial charge in [-0.2, -0.15) is 0 Å². The Bertz CT molecular complexity index is 746. The SMILES string of the molecule is CCCCCCCCCCCCCCCc1csc2c1sc1ccsc12. The first-order valence-electron chi connectivity index (χ1n) is 10.8. The fraction of sp³-hybridized carbons (Fsp3) is 0.652. The van der Waals surface area contributed by atoms with Crippen LogP contribution in [0, 0.1) is 0 Å². The van der Waals surface area contributed by atoms with Gasteiger partial charge in [-0.1, -0.05) is 84.0 Å². The summed E-state index contributed by atoms with van der Waals surface area (Å²) in [5.41, 5.74) is 1.61. The van der Waals surface area contributed by atoms with Crippen LogP contribution in [0.5, 0.6) is 0 Å². The van der Waals surface area contributed by atoms with Crippen LogP contribution in [0.4, 0.5) is 0 Å². The Morgan fingerprint density at radius 1 is 0.654 bits per heavy atom. The van der Waals surface area contributed by atoms with Crippen LogP contribution >= 0.6 is 34.0 Å². The maximum absolute atomic E-state index is 2.42. The molecule has 0 fully saturated rings. The van der Waals surface area contributed by atoms with Crippen LogP contribution < -0.4 is 0 Å². The van der Waals surface area contributed by atoms with Crippen molar-refractivity contribution in [3.63, 3.8) is 0 Å². The van der Waals surface area contributed by atoms with Crippen molar-refractivity contribution in [2.75, 3.05) is 0 Å². The second-order valence-electron chi connectivity index (χ2n) is 7.63. The monoisotopic (exact) mass is 406 g/mol. The van der Waals surface area contributed by atoms with Crippen LogP contribution in [0.2, 0.25) is 0 Å². The normalized spacial score (nSPS) is 11.9. The minimum Gasteiger partial charge on any atom is -0.141 e. The molecule has 0 aromatic carbocycles. The molecule has 0 spiro atoms. The number of aryl methyl sites for hydroxylation is 1. The Kier molecular flexibility index (Phi) is 8.97. The van der Waals surface area contributed by atoms with Gasteiger partial charge in [-0.05, 0) is 35.2 Å². The van der Waals surface area contributed by atoms with E-state index in [0.717, 1.165) is 0 Å². The molecule has 144 valence electrons. The molecule has 0 aliphatic rings. The van der Waals surface area contributed by atoms with Crippen LogP contribution in [0.25, 0.3) is 18.8 Å². The molecule has 0 atom stereocenters. The lowest BCUT2D eigenvalue weighted by atomic mass is 10.0. The predicted molar refractivity (Wildman–Crippen MR) is 124 cm³/mol. The van der Waals surface area contributed by atoms with Gasteiger partial charge in [0, 0.05) is 4.70 Å². The highest BCUT2D eigenvalue weighted by Crippen LogP contribution is 2.43. The molecule has 0 saturated heterocycles.